The molecule has 1 spiro atoms. The topological polar surface area (TPSA) is 83.9 Å². The van der Waals surface area contributed by atoms with E-state index in [1.54, 1.807) is 34.6 Å². The molecule has 136 valence electrons. The molecule has 1 N–H and O–H groups in total. The zero-order valence-electron chi connectivity index (χ0n) is 15.3. The minimum absolute atomic E-state index is 0.0209. The SMILES string of the molecule is CC(C)(C)OC(=O)N1C(=O)C(C(C)(C)O)C[C@]12CC[C@@H](C=O)CC2. The summed E-state index contributed by atoms with van der Waals surface area (Å²) in [6.45, 7) is 8.47. The van der Waals surface area contributed by atoms with Crippen molar-refractivity contribution in [3.63, 3.8) is 0 Å². The Balaban J connectivity index is 2.33. The Labute approximate surface area is 143 Å². The molecule has 1 saturated carbocycles. The highest BCUT2D eigenvalue weighted by atomic mass is 16.6. The molecule has 2 amide bonds. The maximum absolute atomic E-state index is 12.9. The van der Waals surface area contributed by atoms with Crippen molar-refractivity contribution >= 4 is 18.3 Å². The monoisotopic (exact) mass is 339 g/mol. The summed E-state index contributed by atoms with van der Waals surface area (Å²) in [5.74, 6) is -1.04. The summed E-state index contributed by atoms with van der Waals surface area (Å²) in [4.78, 5) is 37.9. The van der Waals surface area contributed by atoms with Gasteiger partial charge in [0.05, 0.1) is 17.1 Å². The number of aliphatic hydroxyl groups is 1. The van der Waals surface area contributed by atoms with Crippen molar-refractivity contribution in [2.75, 3.05) is 0 Å². The maximum Gasteiger partial charge on any atom is 0.417 e. The Hall–Kier alpha value is -1.43. The molecule has 1 saturated heterocycles. The van der Waals surface area contributed by atoms with E-state index in [-0.39, 0.29) is 11.8 Å². The zero-order chi connectivity index (χ0) is 18.3. The van der Waals surface area contributed by atoms with Crippen LogP contribution < -0.4 is 0 Å². The molecule has 0 aromatic rings. The Morgan fingerprint density at radius 3 is 2.21 bits per heavy atom. The van der Waals surface area contributed by atoms with Gasteiger partial charge in [0.15, 0.2) is 0 Å². The molecule has 1 atom stereocenters. The van der Waals surface area contributed by atoms with Crippen LogP contribution in [0.2, 0.25) is 0 Å². The van der Waals surface area contributed by atoms with Crippen LogP contribution in [0.1, 0.15) is 66.7 Å². The third-order valence-corrected chi connectivity index (χ3v) is 5.16. The van der Waals surface area contributed by atoms with Crippen molar-refractivity contribution in [2.24, 2.45) is 11.8 Å². The molecule has 1 heterocycles. The zero-order valence-corrected chi connectivity index (χ0v) is 15.3. The van der Waals surface area contributed by atoms with E-state index in [2.05, 4.69) is 0 Å². The van der Waals surface area contributed by atoms with Gasteiger partial charge in [0.2, 0.25) is 5.91 Å². The van der Waals surface area contributed by atoms with E-state index in [0.29, 0.717) is 32.1 Å². The standard InChI is InChI=1S/C18H29NO5/c1-16(2,3)24-15(22)19-14(21)13(17(4,5)23)10-18(19)8-6-12(11-20)7-9-18/h11-13,23H,6-10H2,1-5H3/t12-,13?,18-. The fourth-order valence-corrected chi connectivity index (χ4v) is 3.83. The quantitative estimate of drug-likeness (QED) is 0.782. The van der Waals surface area contributed by atoms with Crippen LogP contribution in [0, 0.1) is 11.8 Å². The number of amides is 2. The fourth-order valence-electron chi connectivity index (χ4n) is 3.83. The van der Waals surface area contributed by atoms with Gasteiger partial charge in [0, 0.05) is 5.92 Å². The Morgan fingerprint density at radius 1 is 1.25 bits per heavy atom. The van der Waals surface area contributed by atoms with E-state index in [0.717, 1.165) is 6.29 Å². The molecule has 0 aromatic heterocycles. The highest BCUT2D eigenvalue weighted by Gasteiger charge is 2.58. The van der Waals surface area contributed by atoms with Gasteiger partial charge in [-0.1, -0.05) is 0 Å². The van der Waals surface area contributed by atoms with Crippen LogP contribution in [-0.2, 0) is 14.3 Å². The Kier molecular flexibility index (Phi) is 4.83. The summed E-state index contributed by atoms with van der Waals surface area (Å²) in [7, 11) is 0. The van der Waals surface area contributed by atoms with E-state index < -0.39 is 28.8 Å². The van der Waals surface area contributed by atoms with Gasteiger partial charge in [-0.15, -0.1) is 0 Å². The molecule has 1 aliphatic heterocycles. The van der Waals surface area contributed by atoms with Crippen LogP contribution in [0.4, 0.5) is 4.79 Å². The summed E-state index contributed by atoms with van der Waals surface area (Å²) in [5, 5.41) is 10.4. The second-order valence-electron chi connectivity index (χ2n) is 8.76. The first-order valence-corrected chi connectivity index (χ1v) is 8.64. The summed E-state index contributed by atoms with van der Waals surface area (Å²) in [6.07, 6.45) is 3.17. The number of hydrogen-bond donors (Lipinski definition) is 1. The van der Waals surface area contributed by atoms with E-state index >= 15 is 0 Å². The van der Waals surface area contributed by atoms with Crippen molar-refractivity contribution in [3.8, 4) is 0 Å². The lowest BCUT2D eigenvalue weighted by atomic mass is 9.73. The Morgan fingerprint density at radius 2 is 1.79 bits per heavy atom. The predicted molar refractivity (Wildman–Crippen MR) is 88.2 cm³/mol. The van der Waals surface area contributed by atoms with E-state index in [1.807, 2.05) is 0 Å². The molecule has 6 nitrogen and oxygen atoms in total. The lowest BCUT2D eigenvalue weighted by molar-refractivity contribution is -0.138. The molecule has 0 radical (unpaired) electrons. The molecular formula is C18H29NO5. The largest absolute Gasteiger partial charge is 0.443 e. The first-order valence-electron chi connectivity index (χ1n) is 8.64. The van der Waals surface area contributed by atoms with Gasteiger partial charge in [0.1, 0.15) is 11.9 Å². The van der Waals surface area contributed by atoms with E-state index in [4.69, 9.17) is 4.74 Å². The third-order valence-electron chi connectivity index (χ3n) is 5.16. The van der Waals surface area contributed by atoms with Gasteiger partial charge in [-0.2, -0.15) is 0 Å². The minimum Gasteiger partial charge on any atom is -0.443 e. The molecular weight excluding hydrogens is 310 g/mol. The number of aldehydes is 1. The molecule has 6 heteroatoms. The summed E-state index contributed by atoms with van der Waals surface area (Å²) in [5.41, 5.74) is -2.56. The number of likely N-dealkylation sites (tertiary alicyclic amines) is 1. The number of hydrogen-bond acceptors (Lipinski definition) is 5. The van der Waals surface area contributed by atoms with Crippen LogP contribution in [0.3, 0.4) is 0 Å². The molecule has 1 aliphatic carbocycles. The Bertz CT molecular complexity index is 521. The summed E-state index contributed by atoms with van der Waals surface area (Å²) in [6, 6.07) is 0. The van der Waals surface area contributed by atoms with Gasteiger partial charge in [-0.3, -0.25) is 4.79 Å². The normalized spacial score (nSPS) is 31.4. The van der Waals surface area contributed by atoms with Crippen molar-refractivity contribution in [1.82, 2.24) is 4.90 Å². The van der Waals surface area contributed by atoms with Gasteiger partial charge < -0.3 is 14.6 Å². The van der Waals surface area contributed by atoms with Crippen molar-refractivity contribution in [3.05, 3.63) is 0 Å². The van der Waals surface area contributed by atoms with Crippen LogP contribution in [-0.4, -0.2) is 45.0 Å². The molecule has 24 heavy (non-hydrogen) atoms. The fraction of sp³-hybridized carbons (Fsp3) is 0.833. The van der Waals surface area contributed by atoms with E-state index in [9.17, 15) is 19.5 Å². The molecule has 2 rings (SSSR count). The smallest absolute Gasteiger partial charge is 0.417 e. The lowest BCUT2D eigenvalue weighted by Crippen LogP contribution is -2.53. The van der Waals surface area contributed by atoms with Crippen molar-refractivity contribution in [2.45, 2.75) is 83.5 Å². The van der Waals surface area contributed by atoms with Gasteiger partial charge in [-0.25, -0.2) is 9.69 Å². The predicted octanol–water partition coefficient (Wildman–Crippen LogP) is 2.67. The molecule has 2 fully saturated rings. The average Bonchev–Trinajstić information content (AvgIpc) is 2.71. The molecule has 2 aliphatic rings. The number of carbonyl (C=O) groups excluding carboxylic acids is 3. The van der Waals surface area contributed by atoms with Gasteiger partial charge >= 0.3 is 6.09 Å². The highest BCUT2D eigenvalue weighted by molar-refractivity contribution is 5.97. The first kappa shape index (κ1) is 18.9. The van der Waals surface area contributed by atoms with Crippen LogP contribution in [0.15, 0.2) is 0 Å². The molecule has 0 aromatic carbocycles. The average molecular weight is 339 g/mol. The van der Waals surface area contributed by atoms with Gasteiger partial charge in [0.25, 0.3) is 0 Å². The number of rotatable bonds is 2. The highest BCUT2D eigenvalue weighted by Crippen LogP contribution is 2.48. The minimum atomic E-state index is -1.21. The van der Waals surface area contributed by atoms with Crippen molar-refractivity contribution in [1.29, 1.82) is 0 Å². The van der Waals surface area contributed by atoms with Crippen molar-refractivity contribution < 1.29 is 24.2 Å². The summed E-state index contributed by atoms with van der Waals surface area (Å²) < 4.78 is 5.45. The molecule has 0 bridgehead atoms. The van der Waals surface area contributed by atoms with E-state index in [1.165, 1.54) is 4.90 Å². The first-order chi connectivity index (χ1) is 10.9. The van der Waals surface area contributed by atoms with Gasteiger partial charge in [-0.05, 0) is 66.7 Å². The van der Waals surface area contributed by atoms with Crippen LogP contribution in [0.5, 0.6) is 0 Å². The third kappa shape index (κ3) is 3.63. The number of ether oxygens (including phenoxy) is 1. The molecule has 1 unspecified atom stereocenters. The summed E-state index contributed by atoms with van der Waals surface area (Å²) >= 11 is 0. The second-order valence-corrected chi connectivity index (χ2v) is 8.76. The van der Waals surface area contributed by atoms with Crippen LogP contribution in [0.25, 0.3) is 0 Å². The number of nitrogens with zero attached hydrogens (tertiary/aromatic N) is 1. The lowest BCUT2D eigenvalue weighted by Gasteiger charge is -2.41. The maximum atomic E-state index is 12.9. The number of imide groups is 1. The number of carbonyl (C=O) groups is 3. The van der Waals surface area contributed by atoms with Crippen LogP contribution >= 0.6 is 0 Å². The second kappa shape index (κ2) is 6.14.